The van der Waals surface area contributed by atoms with Gasteiger partial charge in [0.1, 0.15) is 5.92 Å². The summed E-state index contributed by atoms with van der Waals surface area (Å²) < 4.78 is 0.855. The molecule has 2 aliphatic heterocycles. The van der Waals surface area contributed by atoms with Gasteiger partial charge in [0.15, 0.2) is 6.10 Å². The number of carbonyl (C=O) groups is 2. The Kier molecular flexibility index (Phi) is 5.26. The third kappa shape index (κ3) is 3.44. The molecule has 2 fully saturated rings. The van der Waals surface area contributed by atoms with E-state index in [1.165, 1.54) is 4.90 Å². The maximum atomic E-state index is 13.5. The molecule has 0 aliphatic carbocycles. The Bertz CT molecular complexity index is 1170. The largest absolute Gasteiger partial charge is 0.273 e. The maximum Gasteiger partial charge on any atom is 0.266 e. The Morgan fingerprint density at radius 3 is 2.23 bits per heavy atom. The van der Waals surface area contributed by atoms with Crippen LogP contribution in [0.4, 0.5) is 11.4 Å². The molecule has 0 spiro atoms. The Morgan fingerprint density at radius 1 is 0.839 bits per heavy atom. The molecule has 3 aromatic carbocycles. The smallest absolute Gasteiger partial charge is 0.266 e. The van der Waals surface area contributed by atoms with E-state index in [-0.39, 0.29) is 5.91 Å². The van der Waals surface area contributed by atoms with Crippen LogP contribution < -0.4 is 9.96 Å². The van der Waals surface area contributed by atoms with Gasteiger partial charge in [-0.25, -0.2) is 9.96 Å². The molecule has 8 heteroatoms. The van der Waals surface area contributed by atoms with Crippen LogP contribution in [0.1, 0.15) is 11.6 Å². The van der Waals surface area contributed by atoms with E-state index in [1.54, 1.807) is 47.5 Å². The lowest BCUT2D eigenvalue weighted by atomic mass is 9.90. The van der Waals surface area contributed by atoms with Crippen molar-refractivity contribution in [3.8, 4) is 0 Å². The molecule has 2 heterocycles. The molecule has 0 N–H and O–H groups in total. The number of rotatable bonds is 3. The molecule has 0 aromatic heterocycles. The van der Waals surface area contributed by atoms with Gasteiger partial charge in [0.05, 0.1) is 17.4 Å². The normalized spacial score (nSPS) is 22.9. The van der Waals surface area contributed by atoms with Crippen molar-refractivity contribution in [2.24, 2.45) is 5.92 Å². The van der Waals surface area contributed by atoms with Gasteiger partial charge in [0.25, 0.3) is 5.91 Å². The molecule has 2 aliphatic rings. The fourth-order valence-electron chi connectivity index (χ4n) is 4.12. The van der Waals surface area contributed by atoms with Crippen LogP contribution in [0.5, 0.6) is 0 Å². The van der Waals surface area contributed by atoms with Crippen LogP contribution in [0.25, 0.3) is 0 Å². The van der Waals surface area contributed by atoms with Crippen LogP contribution in [-0.4, -0.2) is 17.9 Å². The minimum atomic E-state index is -0.951. The monoisotopic (exact) mass is 516 g/mol. The summed E-state index contributed by atoms with van der Waals surface area (Å²) in [5.74, 6) is -1.48. The topological polar surface area (TPSA) is 49.9 Å². The molecule has 0 saturated carbocycles. The quantitative estimate of drug-likeness (QED) is 0.411. The summed E-state index contributed by atoms with van der Waals surface area (Å²) >= 11 is 16.0. The van der Waals surface area contributed by atoms with Crippen molar-refractivity contribution in [1.82, 2.24) is 0 Å². The van der Waals surface area contributed by atoms with Crippen LogP contribution in [0.3, 0.4) is 0 Å². The van der Waals surface area contributed by atoms with Gasteiger partial charge >= 0.3 is 0 Å². The van der Waals surface area contributed by atoms with Crippen molar-refractivity contribution >= 4 is 62.3 Å². The summed E-state index contributed by atoms with van der Waals surface area (Å²) in [6, 6.07) is 20.9. The Labute approximate surface area is 197 Å². The molecule has 5 rings (SSSR count). The zero-order chi connectivity index (χ0) is 21.7. The molecule has 31 heavy (non-hydrogen) atoms. The number of carbonyl (C=O) groups excluding carboxylic acids is 2. The van der Waals surface area contributed by atoms with Gasteiger partial charge in [-0.3, -0.25) is 14.4 Å². The summed E-state index contributed by atoms with van der Waals surface area (Å²) in [5.41, 5.74) is 1.90. The SMILES string of the molecule is O=C1[C@H]2[C@@H](c3ccc(Cl)cc3Cl)N(c3ccccc3)O[C@H]2C(=O)N1c1ccc(Br)cc1. The number of hydroxylamine groups is 1. The zero-order valence-corrected chi connectivity index (χ0v) is 19.0. The molecular weight excluding hydrogens is 503 g/mol. The number of benzene rings is 3. The van der Waals surface area contributed by atoms with E-state index in [0.717, 1.165) is 10.2 Å². The standard InChI is InChI=1S/C23H15BrCl2N2O3/c24-13-6-9-15(10-7-13)27-22(29)19-20(17-11-8-14(25)12-18(17)26)28(31-21(19)23(27)30)16-4-2-1-3-5-16/h1-12,19-21H/t19-,20+,21+/m0/s1. The minimum absolute atomic E-state index is 0.327. The lowest BCUT2D eigenvalue weighted by molar-refractivity contribution is -0.126. The van der Waals surface area contributed by atoms with Crippen molar-refractivity contribution in [3.05, 3.63) is 92.9 Å². The average Bonchev–Trinajstić information content (AvgIpc) is 3.26. The Hall–Kier alpha value is -2.38. The van der Waals surface area contributed by atoms with Gasteiger partial charge < -0.3 is 0 Å². The lowest BCUT2D eigenvalue weighted by Crippen LogP contribution is -2.37. The van der Waals surface area contributed by atoms with Crippen LogP contribution in [-0.2, 0) is 14.4 Å². The Morgan fingerprint density at radius 2 is 1.55 bits per heavy atom. The van der Waals surface area contributed by atoms with E-state index in [2.05, 4.69) is 15.9 Å². The first-order chi connectivity index (χ1) is 15.0. The second-order valence-electron chi connectivity index (χ2n) is 7.31. The predicted octanol–water partition coefficient (Wildman–Crippen LogP) is 5.81. The highest BCUT2D eigenvalue weighted by Gasteiger charge is 2.60. The van der Waals surface area contributed by atoms with Crippen LogP contribution in [0.2, 0.25) is 10.0 Å². The third-order valence-electron chi connectivity index (χ3n) is 5.49. The van der Waals surface area contributed by atoms with Gasteiger partial charge in [-0.15, -0.1) is 0 Å². The molecule has 0 unspecified atom stereocenters. The molecule has 2 saturated heterocycles. The average molecular weight is 518 g/mol. The first-order valence-corrected chi connectivity index (χ1v) is 11.1. The fourth-order valence-corrected chi connectivity index (χ4v) is 4.90. The number of imide groups is 1. The summed E-state index contributed by atoms with van der Waals surface area (Å²) in [7, 11) is 0. The predicted molar refractivity (Wildman–Crippen MR) is 123 cm³/mol. The molecule has 156 valence electrons. The number of amides is 2. The summed E-state index contributed by atoms with van der Waals surface area (Å²) in [5, 5.41) is 2.50. The fraction of sp³-hybridized carbons (Fsp3) is 0.130. The van der Waals surface area contributed by atoms with Crippen molar-refractivity contribution in [3.63, 3.8) is 0 Å². The van der Waals surface area contributed by atoms with Crippen LogP contribution >= 0.6 is 39.1 Å². The first-order valence-electron chi connectivity index (χ1n) is 9.55. The minimum Gasteiger partial charge on any atom is -0.273 e. The molecule has 5 nitrogen and oxygen atoms in total. The van der Waals surface area contributed by atoms with E-state index in [1.807, 2.05) is 30.3 Å². The summed E-state index contributed by atoms with van der Waals surface area (Å²) in [6.07, 6.45) is -0.951. The van der Waals surface area contributed by atoms with Gasteiger partial charge in [-0.2, -0.15) is 0 Å². The number of hydrogen-bond donors (Lipinski definition) is 0. The van der Waals surface area contributed by atoms with Crippen LogP contribution in [0.15, 0.2) is 77.3 Å². The summed E-state index contributed by atoms with van der Waals surface area (Å²) in [4.78, 5) is 34.1. The number of fused-ring (bicyclic) bond motifs is 1. The second-order valence-corrected chi connectivity index (χ2v) is 9.07. The number of hydrogen-bond acceptors (Lipinski definition) is 4. The number of nitrogens with zero attached hydrogens (tertiary/aromatic N) is 2. The van der Waals surface area contributed by atoms with Crippen molar-refractivity contribution in [1.29, 1.82) is 0 Å². The van der Waals surface area contributed by atoms with Gasteiger partial charge in [0, 0.05) is 14.5 Å². The van der Waals surface area contributed by atoms with E-state index in [4.69, 9.17) is 28.0 Å². The van der Waals surface area contributed by atoms with Crippen molar-refractivity contribution in [2.45, 2.75) is 12.1 Å². The van der Waals surface area contributed by atoms with Gasteiger partial charge in [-0.05, 0) is 54.1 Å². The highest BCUT2D eigenvalue weighted by molar-refractivity contribution is 9.10. The van der Waals surface area contributed by atoms with E-state index in [9.17, 15) is 9.59 Å². The molecule has 0 bridgehead atoms. The van der Waals surface area contributed by atoms with Crippen molar-refractivity contribution in [2.75, 3.05) is 9.96 Å². The van der Waals surface area contributed by atoms with Crippen LogP contribution in [0, 0.1) is 5.92 Å². The molecular formula is C23H15BrCl2N2O3. The molecule has 3 atom stereocenters. The molecule has 0 radical (unpaired) electrons. The highest BCUT2D eigenvalue weighted by atomic mass is 79.9. The zero-order valence-electron chi connectivity index (χ0n) is 15.9. The maximum absolute atomic E-state index is 13.5. The Balaban J connectivity index is 1.61. The highest BCUT2D eigenvalue weighted by Crippen LogP contribution is 2.49. The van der Waals surface area contributed by atoms with Crippen molar-refractivity contribution < 1.29 is 14.4 Å². The molecule has 2 amide bonds. The summed E-state index contributed by atoms with van der Waals surface area (Å²) in [6.45, 7) is 0. The van der Waals surface area contributed by atoms with Gasteiger partial charge in [-0.1, -0.05) is 63.4 Å². The number of para-hydroxylation sites is 1. The van der Waals surface area contributed by atoms with E-state index >= 15 is 0 Å². The first kappa shape index (κ1) is 20.5. The molecule has 3 aromatic rings. The van der Waals surface area contributed by atoms with Gasteiger partial charge in [0.2, 0.25) is 5.91 Å². The third-order valence-corrected chi connectivity index (χ3v) is 6.58. The van der Waals surface area contributed by atoms with E-state index in [0.29, 0.717) is 21.3 Å². The number of anilines is 2. The van der Waals surface area contributed by atoms with E-state index < -0.39 is 24.0 Å². The second kappa shape index (κ2) is 7.95. The lowest BCUT2D eigenvalue weighted by Gasteiger charge is -2.29. The number of halogens is 3.